The summed E-state index contributed by atoms with van der Waals surface area (Å²) in [6.45, 7) is -0.283. The van der Waals surface area contributed by atoms with Crippen LogP contribution in [0, 0.1) is 0 Å². The Hall–Kier alpha value is -3.87. The van der Waals surface area contributed by atoms with E-state index < -0.39 is 5.97 Å². The highest BCUT2D eigenvalue weighted by Crippen LogP contribution is 2.26. The molecule has 1 amide bonds. The van der Waals surface area contributed by atoms with Crippen LogP contribution in [-0.2, 0) is 14.3 Å². The molecular weight excluding hydrogens is 430 g/mol. The first-order chi connectivity index (χ1) is 16.6. The summed E-state index contributed by atoms with van der Waals surface area (Å²) < 4.78 is 12.2. The molecule has 0 saturated heterocycles. The van der Waals surface area contributed by atoms with Gasteiger partial charge in [-0.25, -0.2) is 9.48 Å². The third-order valence-corrected chi connectivity index (χ3v) is 5.84. The van der Waals surface area contributed by atoms with Gasteiger partial charge >= 0.3 is 5.97 Å². The first-order valence-corrected chi connectivity index (χ1v) is 11.6. The SMILES string of the molecule is COc1ccc(-c2nn(-c3ccccc3)cc2C=CC(=O)OCC(=O)NC2CCCCC2)cc1. The third-order valence-electron chi connectivity index (χ3n) is 5.84. The van der Waals surface area contributed by atoms with E-state index in [-0.39, 0.29) is 18.6 Å². The largest absolute Gasteiger partial charge is 0.497 e. The first-order valence-electron chi connectivity index (χ1n) is 11.6. The van der Waals surface area contributed by atoms with Crippen molar-refractivity contribution in [1.82, 2.24) is 15.1 Å². The van der Waals surface area contributed by atoms with Crippen molar-refractivity contribution in [3.05, 3.63) is 72.4 Å². The summed E-state index contributed by atoms with van der Waals surface area (Å²) in [6.07, 6.45) is 10.3. The van der Waals surface area contributed by atoms with Gasteiger partial charge in [0.1, 0.15) is 5.75 Å². The minimum Gasteiger partial charge on any atom is -0.497 e. The molecule has 0 unspecified atom stereocenters. The molecule has 1 saturated carbocycles. The molecule has 34 heavy (non-hydrogen) atoms. The summed E-state index contributed by atoms with van der Waals surface area (Å²) in [5.41, 5.74) is 3.25. The van der Waals surface area contributed by atoms with Crippen LogP contribution in [0.3, 0.4) is 0 Å². The van der Waals surface area contributed by atoms with Crippen molar-refractivity contribution in [2.24, 2.45) is 0 Å². The summed E-state index contributed by atoms with van der Waals surface area (Å²) in [5, 5.41) is 7.68. The van der Waals surface area contributed by atoms with Crippen molar-refractivity contribution in [2.75, 3.05) is 13.7 Å². The van der Waals surface area contributed by atoms with Crippen molar-refractivity contribution in [1.29, 1.82) is 0 Å². The Morgan fingerprint density at radius 2 is 1.79 bits per heavy atom. The highest BCUT2D eigenvalue weighted by atomic mass is 16.5. The van der Waals surface area contributed by atoms with Gasteiger partial charge in [0.2, 0.25) is 0 Å². The smallest absolute Gasteiger partial charge is 0.331 e. The molecule has 1 N–H and O–H groups in total. The van der Waals surface area contributed by atoms with E-state index in [0.29, 0.717) is 5.69 Å². The molecule has 7 heteroatoms. The van der Waals surface area contributed by atoms with Crippen LogP contribution in [0.4, 0.5) is 0 Å². The third kappa shape index (κ3) is 6.13. The summed E-state index contributed by atoms with van der Waals surface area (Å²) >= 11 is 0. The number of nitrogens with one attached hydrogen (secondary N) is 1. The van der Waals surface area contributed by atoms with Crippen LogP contribution in [0.25, 0.3) is 23.0 Å². The number of amides is 1. The van der Waals surface area contributed by atoms with Gasteiger partial charge in [-0.05, 0) is 55.3 Å². The maximum Gasteiger partial charge on any atom is 0.331 e. The number of ether oxygens (including phenoxy) is 2. The lowest BCUT2D eigenvalue weighted by Gasteiger charge is -2.22. The average molecular weight is 460 g/mol. The number of carbonyl (C=O) groups excluding carboxylic acids is 2. The zero-order valence-electron chi connectivity index (χ0n) is 19.3. The molecule has 3 aromatic rings. The Morgan fingerprint density at radius 3 is 2.50 bits per heavy atom. The maximum absolute atomic E-state index is 12.3. The Morgan fingerprint density at radius 1 is 1.06 bits per heavy atom. The number of hydrogen-bond donors (Lipinski definition) is 1. The van der Waals surface area contributed by atoms with Gasteiger partial charge in [0, 0.05) is 29.4 Å². The number of nitrogens with zero attached hydrogens (tertiary/aromatic N) is 2. The van der Waals surface area contributed by atoms with E-state index in [4.69, 9.17) is 14.6 Å². The molecule has 7 nitrogen and oxygen atoms in total. The second-order valence-electron chi connectivity index (χ2n) is 8.29. The fourth-order valence-electron chi connectivity index (χ4n) is 4.05. The maximum atomic E-state index is 12.3. The lowest BCUT2D eigenvalue weighted by atomic mass is 9.95. The zero-order chi connectivity index (χ0) is 23.8. The van der Waals surface area contributed by atoms with E-state index in [1.807, 2.05) is 60.8 Å². The van der Waals surface area contributed by atoms with Crippen LogP contribution in [0.2, 0.25) is 0 Å². The molecule has 1 aromatic heterocycles. The van der Waals surface area contributed by atoms with Gasteiger partial charge in [-0.2, -0.15) is 5.10 Å². The van der Waals surface area contributed by atoms with Gasteiger partial charge in [0.05, 0.1) is 18.5 Å². The fourth-order valence-corrected chi connectivity index (χ4v) is 4.05. The number of benzene rings is 2. The number of para-hydroxylation sites is 1. The monoisotopic (exact) mass is 459 g/mol. The van der Waals surface area contributed by atoms with Crippen LogP contribution < -0.4 is 10.1 Å². The van der Waals surface area contributed by atoms with Gasteiger partial charge < -0.3 is 14.8 Å². The average Bonchev–Trinajstić information content (AvgIpc) is 3.32. The zero-order valence-corrected chi connectivity index (χ0v) is 19.3. The Kier molecular flexibility index (Phi) is 7.75. The molecular formula is C27H29N3O4. The molecule has 4 rings (SSSR count). The van der Waals surface area contributed by atoms with E-state index in [2.05, 4.69) is 5.32 Å². The second kappa shape index (κ2) is 11.3. The minimum atomic E-state index is -0.577. The minimum absolute atomic E-state index is 0.186. The molecule has 176 valence electrons. The number of esters is 1. The highest BCUT2D eigenvalue weighted by Gasteiger charge is 2.16. The number of hydrogen-bond acceptors (Lipinski definition) is 5. The summed E-state index contributed by atoms with van der Waals surface area (Å²) in [4.78, 5) is 24.4. The normalized spacial score (nSPS) is 14.1. The molecule has 1 aliphatic rings. The Balaban J connectivity index is 1.46. The quantitative estimate of drug-likeness (QED) is 0.395. The fraction of sp³-hybridized carbons (Fsp3) is 0.296. The predicted molar refractivity (Wildman–Crippen MR) is 131 cm³/mol. The van der Waals surface area contributed by atoms with Gasteiger partial charge in [-0.1, -0.05) is 37.5 Å². The van der Waals surface area contributed by atoms with Gasteiger partial charge in [-0.15, -0.1) is 0 Å². The number of carbonyl (C=O) groups is 2. The second-order valence-corrected chi connectivity index (χ2v) is 8.29. The van der Waals surface area contributed by atoms with Crippen molar-refractivity contribution in [3.8, 4) is 22.7 Å². The van der Waals surface area contributed by atoms with Crippen molar-refractivity contribution in [3.63, 3.8) is 0 Å². The van der Waals surface area contributed by atoms with E-state index >= 15 is 0 Å². The van der Waals surface area contributed by atoms with Crippen molar-refractivity contribution < 1.29 is 19.1 Å². The number of rotatable bonds is 8. The van der Waals surface area contributed by atoms with E-state index in [0.717, 1.165) is 48.2 Å². The topological polar surface area (TPSA) is 82.5 Å². The van der Waals surface area contributed by atoms with Gasteiger partial charge in [-0.3, -0.25) is 4.79 Å². The molecule has 1 aliphatic carbocycles. The van der Waals surface area contributed by atoms with Crippen LogP contribution in [-0.4, -0.2) is 41.4 Å². The molecule has 0 radical (unpaired) electrons. The lowest BCUT2D eigenvalue weighted by molar-refractivity contribution is -0.144. The predicted octanol–water partition coefficient (Wildman–Crippen LogP) is 4.55. The molecule has 0 spiro atoms. The first kappa shape index (κ1) is 23.3. The number of aromatic nitrogens is 2. The van der Waals surface area contributed by atoms with E-state index in [1.165, 1.54) is 12.5 Å². The molecule has 1 fully saturated rings. The molecule has 0 aliphatic heterocycles. The lowest BCUT2D eigenvalue weighted by Crippen LogP contribution is -2.38. The van der Waals surface area contributed by atoms with Crippen molar-refractivity contribution in [2.45, 2.75) is 38.1 Å². The van der Waals surface area contributed by atoms with Crippen molar-refractivity contribution >= 4 is 18.0 Å². The van der Waals surface area contributed by atoms with Crippen LogP contribution >= 0.6 is 0 Å². The highest BCUT2D eigenvalue weighted by molar-refractivity contribution is 5.90. The van der Waals surface area contributed by atoms with E-state index in [9.17, 15) is 9.59 Å². The summed E-state index contributed by atoms with van der Waals surface area (Å²) in [6, 6.07) is 17.5. The van der Waals surface area contributed by atoms with Crippen LogP contribution in [0.1, 0.15) is 37.7 Å². The summed E-state index contributed by atoms with van der Waals surface area (Å²) in [5.74, 6) is -0.0881. The van der Waals surface area contributed by atoms with Gasteiger partial charge in [0.25, 0.3) is 5.91 Å². The summed E-state index contributed by atoms with van der Waals surface area (Å²) in [7, 11) is 1.62. The molecule has 0 atom stereocenters. The molecule has 2 aromatic carbocycles. The Bertz CT molecular complexity index is 1130. The molecule has 1 heterocycles. The van der Waals surface area contributed by atoms with Crippen LogP contribution in [0.15, 0.2) is 66.9 Å². The van der Waals surface area contributed by atoms with Gasteiger partial charge in [0.15, 0.2) is 6.61 Å². The van der Waals surface area contributed by atoms with Crippen LogP contribution in [0.5, 0.6) is 5.75 Å². The standard InChI is InChI=1S/C27H29N3O4/c1-33-24-15-12-20(13-16-24)27-21(18-30(29-27)23-10-6-3-7-11-23)14-17-26(32)34-19-25(31)28-22-8-4-2-5-9-22/h3,6-7,10-18,22H,2,4-5,8-9,19H2,1H3,(H,28,31). The molecule has 0 bridgehead atoms. The van der Waals surface area contributed by atoms with E-state index in [1.54, 1.807) is 17.9 Å². The number of methoxy groups -OCH3 is 1. The Labute approximate surface area is 199 Å².